The second kappa shape index (κ2) is 5.93. The zero-order valence-electron chi connectivity index (χ0n) is 10.4. The summed E-state index contributed by atoms with van der Waals surface area (Å²) in [4.78, 5) is 0. The summed E-state index contributed by atoms with van der Waals surface area (Å²) in [5, 5.41) is 2.54. The molecule has 106 valence electrons. The van der Waals surface area contributed by atoms with E-state index in [2.05, 4.69) is 21.2 Å². The number of rotatable bonds is 3. The van der Waals surface area contributed by atoms with Crippen LogP contribution < -0.4 is 5.32 Å². The summed E-state index contributed by atoms with van der Waals surface area (Å²) in [5.41, 5.74) is -0.864. The molecule has 0 heterocycles. The summed E-state index contributed by atoms with van der Waals surface area (Å²) in [7, 11) is 1.37. The molecule has 6 heteroatoms. The fourth-order valence-electron chi connectivity index (χ4n) is 2.03. The molecule has 0 aliphatic heterocycles. The average molecular weight is 348 g/mol. The first kappa shape index (κ1) is 15.0. The molecular formula is C14H10BrF4N. The van der Waals surface area contributed by atoms with Gasteiger partial charge in [0, 0.05) is 11.1 Å². The lowest BCUT2D eigenvalue weighted by Gasteiger charge is -2.20. The molecule has 0 aliphatic carbocycles. The number of benzene rings is 2. The van der Waals surface area contributed by atoms with Gasteiger partial charge in [0.15, 0.2) is 0 Å². The Labute approximate surface area is 121 Å². The highest BCUT2D eigenvalue weighted by atomic mass is 79.9. The summed E-state index contributed by atoms with van der Waals surface area (Å²) in [6, 6.07) is 4.22. The van der Waals surface area contributed by atoms with Crippen LogP contribution in [0.2, 0.25) is 0 Å². The van der Waals surface area contributed by atoms with Crippen molar-refractivity contribution in [2.45, 2.75) is 6.04 Å². The van der Waals surface area contributed by atoms with Crippen LogP contribution in [0.5, 0.6) is 0 Å². The normalized spacial score (nSPS) is 12.5. The number of hydrogen-bond acceptors (Lipinski definition) is 1. The SMILES string of the molecule is CNC(c1c(F)cccc1F)c1c(F)ccc(Br)c1F. The standard InChI is InChI=1S/C14H10BrF4N/c1-20-14(11-8(16)3-2-4-9(11)17)12-10(18)6-5-7(15)13(12)19/h2-6,14,20H,1H3. The van der Waals surface area contributed by atoms with Gasteiger partial charge in [0.25, 0.3) is 0 Å². The molecule has 20 heavy (non-hydrogen) atoms. The van der Waals surface area contributed by atoms with Crippen LogP contribution in [0.1, 0.15) is 17.2 Å². The molecule has 0 aromatic heterocycles. The monoisotopic (exact) mass is 347 g/mol. The van der Waals surface area contributed by atoms with Crippen LogP contribution in [-0.2, 0) is 0 Å². The summed E-state index contributed by atoms with van der Waals surface area (Å²) >= 11 is 2.93. The van der Waals surface area contributed by atoms with Gasteiger partial charge in [-0.15, -0.1) is 0 Å². The van der Waals surface area contributed by atoms with Crippen molar-refractivity contribution >= 4 is 15.9 Å². The first-order chi connectivity index (χ1) is 9.47. The first-order valence-corrected chi connectivity index (χ1v) is 6.51. The van der Waals surface area contributed by atoms with Crippen molar-refractivity contribution < 1.29 is 17.6 Å². The highest BCUT2D eigenvalue weighted by Gasteiger charge is 2.27. The first-order valence-electron chi connectivity index (χ1n) is 5.72. The second-order valence-corrected chi connectivity index (χ2v) is 4.97. The van der Waals surface area contributed by atoms with Gasteiger partial charge >= 0.3 is 0 Å². The number of nitrogens with one attached hydrogen (secondary N) is 1. The van der Waals surface area contributed by atoms with Gasteiger partial charge in [-0.3, -0.25) is 0 Å². The highest BCUT2D eigenvalue weighted by Crippen LogP contribution is 2.32. The summed E-state index contributed by atoms with van der Waals surface area (Å²) < 4.78 is 55.6. The van der Waals surface area contributed by atoms with Crippen molar-refractivity contribution in [3.8, 4) is 0 Å². The molecule has 0 radical (unpaired) electrons. The molecule has 0 saturated heterocycles. The smallest absolute Gasteiger partial charge is 0.145 e. The third kappa shape index (κ3) is 2.58. The maximum Gasteiger partial charge on any atom is 0.145 e. The Kier molecular flexibility index (Phi) is 4.45. The molecule has 2 aromatic rings. The van der Waals surface area contributed by atoms with Crippen LogP contribution in [0.25, 0.3) is 0 Å². The van der Waals surface area contributed by atoms with Gasteiger partial charge < -0.3 is 5.32 Å². The molecule has 0 amide bonds. The maximum atomic E-state index is 14.1. The number of hydrogen-bond donors (Lipinski definition) is 1. The van der Waals surface area contributed by atoms with E-state index in [-0.39, 0.29) is 4.47 Å². The highest BCUT2D eigenvalue weighted by molar-refractivity contribution is 9.10. The summed E-state index contributed by atoms with van der Waals surface area (Å²) in [6.45, 7) is 0. The van der Waals surface area contributed by atoms with Crippen molar-refractivity contribution in [1.29, 1.82) is 0 Å². The molecule has 1 nitrogen and oxygen atoms in total. The third-order valence-corrected chi connectivity index (χ3v) is 3.56. The van der Waals surface area contributed by atoms with Gasteiger partial charge in [-0.25, -0.2) is 17.6 Å². The minimum absolute atomic E-state index is 0.0193. The fraction of sp³-hybridized carbons (Fsp3) is 0.143. The predicted molar refractivity (Wildman–Crippen MR) is 71.3 cm³/mol. The molecule has 0 fully saturated rings. The Morgan fingerprint density at radius 3 is 2.00 bits per heavy atom. The minimum atomic E-state index is -1.27. The Bertz CT molecular complexity index is 625. The van der Waals surface area contributed by atoms with Crippen molar-refractivity contribution in [3.63, 3.8) is 0 Å². The zero-order chi connectivity index (χ0) is 14.9. The zero-order valence-corrected chi connectivity index (χ0v) is 11.9. The Morgan fingerprint density at radius 1 is 0.900 bits per heavy atom. The molecule has 0 aliphatic rings. The van der Waals surface area contributed by atoms with E-state index < -0.39 is 40.4 Å². The van der Waals surface area contributed by atoms with Gasteiger partial charge in [-0.1, -0.05) is 6.07 Å². The Morgan fingerprint density at radius 2 is 1.45 bits per heavy atom. The van der Waals surface area contributed by atoms with Crippen molar-refractivity contribution in [3.05, 3.63) is 69.2 Å². The van der Waals surface area contributed by atoms with Crippen molar-refractivity contribution in [2.24, 2.45) is 0 Å². The molecular weight excluding hydrogens is 338 g/mol. The molecule has 0 spiro atoms. The molecule has 1 unspecified atom stereocenters. The van der Waals surface area contributed by atoms with E-state index in [1.807, 2.05) is 0 Å². The van der Waals surface area contributed by atoms with E-state index in [9.17, 15) is 17.6 Å². The van der Waals surface area contributed by atoms with Gasteiger partial charge in [0.05, 0.1) is 10.5 Å². The van der Waals surface area contributed by atoms with Crippen molar-refractivity contribution in [1.82, 2.24) is 5.32 Å². The predicted octanol–water partition coefficient (Wildman–Crippen LogP) is 4.31. The van der Waals surface area contributed by atoms with Crippen LogP contribution in [0.4, 0.5) is 17.6 Å². The minimum Gasteiger partial charge on any atom is -0.309 e. The maximum absolute atomic E-state index is 14.1. The van der Waals surface area contributed by atoms with E-state index in [4.69, 9.17) is 0 Å². The van der Waals surface area contributed by atoms with E-state index in [1.165, 1.54) is 19.2 Å². The number of halogens is 5. The summed E-state index contributed by atoms with van der Waals surface area (Å²) in [5.74, 6) is -3.52. The lowest BCUT2D eigenvalue weighted by atomic mass is 9.97. The lowest BCUT2D eigenvalue weighted by Crippen LogP contribution is -2.23. The summed E-state index contributed by atoms with van der Waals surface area (Å²) in [6.07, 6.45) is 0. The van der Waals surface area contributed by atoms with Crippen LogP contribution in [0.15, 0.2) is 34.8 Å². The average Bonchev–Trinajstić information content (AvgIpc) is 2.41. The largest absolute Gasteiger partial charge is 0.309 e. The molecule has 0 bridgehead atoms. The van der Waals surface area contributed by atoms with E-state index in [1.54, 1.807) is 0 Å². The van der Waals surface area contributed by atoms with Crippen LogP contribution in [-0.4, -0.2) is 7.05 Å². The Hall–Kier alpha value is -1.40. The van der Waals surface area contributed by atoms with Crippen LogP contribution in [0, 0.1) is 23.3 Å². The lowest BCUT2D eigenvalue weighted by molar-refractivity contribution is 0.483. The molecule has 1 atom stereocenters. The van der Waals surface area contributed by atoms with Crippen LogP contribution in [0.3, 0.4) is 0 Å². The van der Waals surface area contributed by atoms with Gasteiger partial charge in [-0.2, -0.15) is 0 Å². The fourth-order valence-corrected chi connectivity index (χ4v) is 2.37. The molecule has 1 N–H and O–H groups in total. The van der Waals surface area contributed by atoms with Gasteiger partial charge in [0.1, 0.15) is 23.3 Å². The van der Waals surface area contributed by atoms with E-state index in [0.717, 1.165) is 18.2 Å². The topological polar surface area (TPSA) is 12.0 Å². The van der Waals surface area contributed by atoms with Crippen LogP contribution >= 0.6 is 15.9 Å². The van der Waals surface area contributed by atoms with Gasteiger partial charge in [0.2, 0.25) is 0 Å². The van der Waals surface area contributed by atoms with Gasteiger partial charge in [-0.05, 0) is 47.2 Å². The molecule has 2 aromatic carbocycles. The van der Waals surface area contributed by atoms with E-state index in [0.29, 0.717) is 0 Å². The van der Waals surface area contributed by atoms with E-state index >= 15 is 0 Å². The quantitative estimate of drug-likeness (QED) is 0.644. The van der Waals surface area contributed by atoms with Crippen molar-refractivity contribution in [2.75, 3.05) is 7.05 Å². The Balaban J connectivity index is 2.68. The molecule has 2 rings (SSSR count). The second-order valence-electron chi connectivity index (χ2n) is 4.11. The molecule has 0 saturated carbocycles. The third-order valence-electron chi connectivity index (χ3n) is 2.95.